The van der Waals surface area contributed by atoms with Crippen LogP contribution in [0, 0.1) is 12.8 Å². The number of hydrogen-bond donors (Lipinski definition) is 3. The van der Waals surface area contributed by atoms with Gasteiger partial charge in [-0.2, -0.15) is 0 Å². The van der Waals surface area contributed by atoms with Gasteiger partial charge >= 0.3 is 6.09 Å². The van der Waals surface area contributed by atoms with Gasteiger partial charge in [-0.05, 0) is 66.9 Å². The molecule has 0 aliphatic heterocycles. The number of fused-ring (bicyclic) bond motifs is 1. The second-order valence-corrected chi connectivity index (χ2v) is 9.74. The minimum atomic E-state index is -0.556. The number of nitrogens with zero attached hydrogens (tertiary/aromatic N) is 3. The lowest BCUT2D eigenvalue weighted by atomic mass is 9.85. The Morgan fingerprint density at radius 2 is 1.94 bits per heavy atom. The standard InChI is InChI=1S/C23H34N6O3/c1-13(2)25-19-18-16(10-14(3)26-19)12-24-21(28-18)29-20(30)15-8-7-9-17(11-15)27-22(31)32-23(4,5)6/h10,12-13,15,17H,7-9,11H2,1-6H3,(H,25,26)(H,27,31)(H,24,28,29,30)/t15-,17+/m0/s1. The predicted octanol–water partition coefficient (Wildman–Crippen LogP) is 4.18. The fourth-order valence-electron chi connectivity index (χ4n) is 3.85. The maximum Gasteiger partial charge on any atom is 0.407 e. The molecule has 1 saturated carbocycles. The van der Waals surface area contributed by atoms with Crippen LogP contribution in [0.3, 0.4) is 0 Å². The number of carbonyl (C=O) groups excluding carboxylic acids is 2. The van der Waals surface area contributed by atoms with Crippen LogP contribution >= 0.6 is 0 Å². The Labute approximate surface area is 189 Å². The van der Waals surface area contributed by atoms with Crippen molar-refractivity contribution in [2.75, 3.05) is 10.6 Å². The van der Waals surface area contributed by atoms with Crippen LogP contribution in [-0.2, 0) is 9.53 Å². The van der Waals surface area contributed by atoms with Crippen LogP contribution in [0.2, 0.25) is 0 Å². The molecule has 2 heterocycles. The third-order valence-electron chi connectivity index (χ3n) is 5.12. The normalized spacial score (nSPS) is 19.0. The molecule has 1 fully saturated rings. The molecule has 9 heteroatoms. The smallest absolute Gasteiger partial charge is 0.407 e. The predicted molar refractivity (Wildman–Crippen MR) is 125 cm³/mol. The molecule has 3 N–H and O–H groups in total. The molecule has 0 spiro atoms. The Bertz CT molecular complexity index is 986. The van der Waals surface area contributed by atoms with Crippen molar-refractivity contribution in [2.24, 2.45) is 5.92 Å². The number of ether oxygens (including phenoxy) is 1. The first-order valence-corrected chi connectivity index (χ1v) is 11.2. The zero-order valence-corrected chi connectivity index (χ0v) is 19.8. The summed E-state index contributed by atoms with van der Waals surface area (Å²) in [5, 5.41) is 9.91. The SMILES string of the molecule is Cc1cc2cnc(NC(=O)[C@H]3CCC[C@@H](NC(=O)OC(C)(C)C)C3)nc2c(NC(C)C)n1. The second kappa shape index (κ2) is 9.67. The van der Waals surface area contributed by atoms with E-state index >= 15 is 0 Å². The summed E-state index contributed by atoms with van der Waals surface area (Å²) in [5.74, 6) is 0.556. The number of alkyl carbamates (subject to hydrolysis) is 1. The van der Waals surface area contributed by atoms with Gasteiger partial charge in [0, 0.05) is 35.3 Å². The molecular weight excluding hydrogens is 408 g/mol. The van der Waals surface area contributed by atoms with Crippen molar-refractivity contribution in [2.45, 2.75) is 84.9 Å². The molecular formula is C23H34N6O3. The van der Waals surface area contributed by atoms with E-state index < -0.39 is 11.7 Å². The minimum absolute atomic E-state index is 0.0964. The van der Waals surface area contributed by atoms with Crippen molar-refractivity contribution in [3.8, 4) is 0 Å². The molecule has 0 radical (unpaired) electrons. The molecule has 174 valence electrons. The van der Waals surface area contributed by atoms with Gasteiger partial charge in [-0.3, -0.25) is 10.1 Å². The summed E-state index contributed by atoms with van der Waals surface area (Å²) in [4.78, 5) is 38.4. The van der Waals surface area contributed by atoms with E-state index in [0.29, 0.717) is 17.8 Å². The van der Waals surface area contributed by atoms with Gasteiger partial charge in [-0.15, -0.1) is 0 Å². The second-order valence-electron chi connectivity index (χ2n) is 9.74. The Morgan fingerprint density at radius 3 is 2.62 bits per heavy atom. The number of nitrogens with one attached hydrogen (secondary N) is 3. The lowest BCUT2D eigenvalue weighted by Gasteiger charge is -2.29. The number of carbonyl (C=O) groups is 2. The first-order chi connectivity index (χ1) is 15.0. The van der Waals surface area contributed by atoms with E-state index in [-0.39, 0.29) is 29.9 Å². The quantitative estimate of drug-likeness (QED) is 0.636. The van der Waals surface area contributed by atoms with E-state index in [1.54, 1.807) is 6.20 Å². The van der Waals surface area contributed by atoms with Crippen molar-refractivity contribution in [1.29, 1.82) is 0 Å². The van der Waals surface area contributed by atoms with Crippen molar-refractivity contribution in [1.82, 2.24) is 20.3 Å². The average molecular weight is 443 g/mol. The van der Waals surface area contributed by atoms with E-state index in [1.807, 2.05) is 47.6 Å². The summed E-state index contributed by atoms with van der Waals surface area (Å²) in [7, 11) is 0. The molecule has 3 rings (SSSR count). The van der Waals surface area contributed by atoms with Crippen LogP contribution in [0.4, 0.5) is 16.6 Å². The fraction of sp³-hybridized carbons (Fsp3) is 0.609. The van der Waals surface area contributed by atoms with E-state index in [2.05, 4.69) is 30.9 Å². The zero-order valence-electron chi connectivity index (χ0n) is 19.8. The molecule has 0 aromatic carbocycles. The number of aromatic nitrogens is 3. The Kier molecular flexibility index (Phi) is 7.16. The summed E-state index contributed by atoms with van der Waals surface area (Å²) in [6.07, 6.45) is 4.24. The summed E-state index contributed by atoms with van der Waals surface area (Å²) in [6, 6.07) is 2.01. The highest BCUT2D eigenvalue weighted by Gasteiger charge is 2.30. The van der Waals surface area contributed by atoms with Gasteiger partial charge in [-0.25, -0.2) is 19.7 Å². The molecule has 2 aromatic rings. The van der Waals surface area contributed by atoms with Crippen LogP contribution in [-0.4, -0.2) is 44.6 Å². The van der Waals surface area contributed by atoms with Gasteiger partial charge in [0.15, 0.2) is 5.82 Å². The monoisotopic (exact) mass is 442 g/mol. The molecule has 0 bridgehead atoms. The topological polar surface area (TPSA) is 118 Å². The molecule has 2 amide bonds. The minimum Gasteiger partial charge on any atom is -0.444 e. The molecule has 32 heavy (non-hydrogen) atoms. The molecule has 9 nitrogen and oxygen atoms in total. The first-order valence-electron chi connectivity index (χ1n) is 11.2. The van der Waals surface area contributed by atoms with Gasteiger partial charge in [0.05, 0.1) is 0 Å². The van der Waals surface area contributed by atoms with Gasteiger partial charge in [0.1, 0.15) is 11.1 Å². The summed E-state index contributed by atoms with van der Waals surface area (Å²) in [5.41, 5.74) is 0.981. The number of aryl methyl sites for hydroxylation is 1. The summed E-state index contributed by atoms with van der Waals surface area (Å²) >= 11 is 0. The highest BCUT2D eigenvalue weighted by molar-refractivity contribution is 5.93. The maximum atomic E-state index is 12.9. The lowest BCUT2D eigenvalue weighted by Crippen LogP contribution is -2.43. The summed E-state index contributed by atoms with van der Waals surface area (Å²) in [6.45, 7) is 11.5. The number of hydrogen-bond acceptors (Lipinski definition) is 7. The number of pyridine rings is 1. The van der Waals surface area contributed by atoms with Crippen molar-refractivity contribution in [3.05, 3.63) is 18.0 Å². The summed E-state index contributed by atoms with van der Waals surface area (Å²) < 4.78 is 5.34. The van der Waals surface area contributed by atoms with Crippen LogP contribution in [0.1, 0.15) is 66.0 Å². The fourth-order valence-corrected chi connectivity index (χ4v) is 3.85. The third-order valence-corrected chi connectivity index (χ3v) is 5.12. The van der Waals surface area contributed by atoms with E-state index in [9.17, 15) is 9.59 Å². The average Bonchev–Trinajstić information content (AvgIpc) is 2.66. The largest absolute Gasteiger partial charge is 0.444 e. The maximum absolute atomic E-state index is 12.9. The van der Waals surface area contributed by atoms with Crippen molar-refractivity contribution < 1.29 is 14.3 Å². The number of rotatable bonds is 5. The number of amides is 2. The Balaban J connectivity index is 1.68. The van der Waals surface area contributed by atoms with E-state index in [0.717, 1.165) is 30.3 Å². The van der Waals surface area contributed by atoms with Gasteiger partial charge in [0.25, 0.3) is 0 Å². The van der Waals surface area contributed by atoms with Gasteiger partial charge < -0.3 is 15.4 Å². The highest BCUT2D eigenvalue weighted by Crippen LogP contribution is 2.27. The van der Waals surface area contributed by atoms with Gasteiger partial charge in [0.2, 0.25) is 11.9 Å². The molecule has 2 aromatic heterocycles. The van der Waals surface area contributed by atoms with Crippen LogP contribution < -0.4 is 16.0 Å². The van der Waals surface area contributed by atoms with E-state index in [1.165, 1.54) is 0 Å². The molecule has 2 atom stereocenters. The molecule has 0 unspecified atom stereocenters. The molecule has 0 saturated heterocycles. The molecule has 1 aliphatic carbocycles. The van der Waals surface area contributed by atoms with Crippen molar-refractivity contribution >= 4 is 34.7 Å². The Hall–Kier alpha value is -2.97. The zero-order chi connectivity index (χ0) is 23.5. The van der Waals surface area contributed by atoms with Crippen molar-refractivity contribution in [3.63, 3.8) is 0 Å². The first kappa shape index (κ1) is 23.7. The van der Waals surface area contributed by atoms with Crippen LogP contribution in [0.5, 0.6) is 0 Å². The third kappa shape index (κ3) is 6.51. The van der Waals surface area contributed by atoms with E-state index in [4.69, 9.17) is 4.74 Å². The van der Waals surface area contributed by atoms with Crippen LogP contribution in [0.15, 0.2) is 12.3 Å². The van der Waals surface area contributed by atoms with Gasteiger partial charge in [-0.1, -0.05) is 6.42 Å². The Morgan fingerprint density at radius 1 is 1.19 bits per heavy atom. The highest BCUT2D eigenvalue weighted by atomic mass is 16.6. The molecule has 1 aliphatic rings. The number of anilines is 2. The van der Waals surface area contributed by atoms with Crippen LogP contribution in [0.25, 0.3) is 10.9 Å². The lowest BCUT2D eigenvalue weighted by molar-refractivity contribution is -0.121.